The number of hydrogen-bond acceptors (Lipinski definition) is 3. The summed E-state index contributed by atoms with van der Waals surface area (Å²) in [6.45, 7) is 1.46. The monoisotopic (exact) mass is 368 g/mol. The van der Waals surface area contributed by atoms with Crippen LogP contribution in [0.4, 0.5) is 0 Å². The van der Waals surface area contributed by atoms with Crippen molar-refractivity contribution in [3.05, 3.63) is 57.3 Å². The van der Waals surface area contributed by atoms with Crippen molar-refractivity contribution < 1.29 is 9.59 Å². The van der Waals surface area contributed by atoms with Gasteiger partial charge < -0.3 is 10.2 Å². The van der Waals surface area contributed by atoms with E-state index >= 15 is 0 Å². The summed E-state index contributed by atoms with van der Waals surface area (Å²) in [6.07, 6.45) is 4.40. The molecule has 0 radical (unpaired) electrons. The van der Waals surface area contributed by atoms with Crippen LogP contribution in [-0.2, 0) is 35.4 Å². The lowest BCUT2D eigenvalue weighted by atomic mass is 9.88. The maximum Gasteiger partial charge on any atom is 0.223 e. The second-order valence-corrected chi connectivity index (χ2v) is 8.21. The molecular weight excluding hydrogens is 344 g/mol. The van der Waals surface area contributed by atoms with Crippen molar-refractivity contribution in [1.29, 1.82) is 0 Å². The highest BCUT2D eigenvalue weighted by Gasteiger charge is 2.23. The molecule has 2 aliphatic rings. The molecule has 1 atom stereocenters. The van der Waals surface area contributed by atoms with Crippen LogP contribution in [0.25, 0.3) is 0 Å². The van der Waals surface area contributed by atoms with Crippen LogP contribution in [0, 0.1) is 0 Å². The SMILES string of the molecule is O=C(CCC(=O)N1CCc2sccc2C1)N[C@@H]1CCc2ccccc2C1. The minimum Gasteiger partial charge on any atom is -0.353 e. The number of rotatable bonds is 4. The van der Waals surface area contributed by atoms with Gasteiger partial charge in [-0.25, -0.2) is 0 Å². The zero-order valence-electron chi connectivity index (χ0n) is 14.9. The van der Waals surface area contributed by atoms with Crippen molar-refractivity contribution in [2.75, 3.05) is 6.54 Å². The molecule has 1 aliphatic heterocycles. The van der Waals surface area contributed by atoms with E-state index < -0.39 is 0 Å². The van der Waals surface area contributed by atoms with Gasteiger partial charge in [0.05, 0.1) is 0 Å². The Hall–Kier alpha value is -2.14. The number of nitrogens with zero attached hydrogens (tertiary/aromatic N) is 1. The maximum absolute atomic E-state index is 12.4. The summed E-state index contributed by atoms with van der Waals surface area (Å²) in [5, 5.41) is 5.21. The van der Waals surface area contributed by atoms with Gasteiger partial charge >= 0.3 is 0 Å². The van der Waals surface area contributed by atoms with E-state index in [1.165, 1.54) is 21.6 Å². The third kappa shape index (κ3) is 3.83. The minimum absolute atomic E-state index is 0.00374. The summed E-state index contributed by atoms with van der Waals surface area (Å²) in [4.78, 5) is 28.0. The van der Waals surface area contributed by atoms with Crippen LogP contribution < -0.4 is 5.32 Å². The van der Waals surface area contributed by atoms with Crippen LogP contribution in [0.3, 0.4) is 0 Å². The first kappa shape index (κ1) is 17.3. The molecule has 0 saturated heterocycles. The average molecular weight is 369 g/mol. The van der Waals surface area contributed by atoms with E-state index in [9.17, 15) is 9.59 Å². The molecule has 1 aromatic carbocycles. The third-order valence-corrected chi connectivity index (χ3v) is 6.46. The van der Waals surface area contributed by atoms with E-state index in [2.05, 4.69) is 41.0 Å². The Balaban J connectivity index is 1.24. The maximum atomic E-state index is 12.4. The van der Waals surface area contributed by atoms with Crippen LogP contribution in [-0.4, -0.2) is 29.3 Å². The van der Waals surface area contributed by atoms with Crippen molar-refractivity contribution in [3.8, 4) is 0 Å². The number of carbonyl (C=O) groups excluding carboxylic acids is 2. The molecule has 5 heteroatoms. The van der Waals surface area contributed by atoms with Crippen molar-refractivity contribution in [2.24, 2.45) is 0 Å². The van der Waals surface area contributed by atoms with E-state index in [-0.39, 0.29) is 24.3 Å². The van der Waals surface area contributed by atoms with Crippen molar-refractivity contribution in [3.63, 3.8) is 0 Å². The Labute approximate surface area is 158 Å². The van der Waals surface area contributed by atoms with Gasteiger partial charge in [-0.1, -0.05) is 24.3 Å². The molecule has 1 aliphatic carbocycles. The summed E-state index contributed by atoms with van der Waals surface area (Å²) in [5.41, 5.74) is 3.99. The van der Waals surface area contributed by atoms with E-state index in [1.807, 2.05) is 4.90 Å². The Bertz CT molecular complexity index is 814. The summed E-state index contributed by atoms with van der Waals surface area (Å²) < 4.78 is 0. The lowest BCUT2D eigenvalue weighted by Gasteiger charge is -2.27. The average Bonchev–Trinajstić information content (AvgIpc) is 3.14. The van der Waals surface area contributed by atoms with Crippen LogP contribution in [0.2, 0.25) is 0 Å². The number of carbonyl (C=O) groups is 2. The molecule has 2 heterocycles. The number of thiophene rings is 1. The zero-order chi connectivity index (χ0) is 17.9. The fourth-order valence-corrected chi connectivity index (χ4v) is 4.85. The Morgan fingerprint density at radius 3 is 2.81 bits per heavy atom. The Morgan fingerprint density at radius 2 is 1.92 bits per heavy atom. The molecule has 26 heavy (non-hydrogen) atoms. The number of aryl methyl sites for hydroxylation is 1. The Kier molecular flexibility index (Phi) is 5.07. The molecular formula is C21H24N2O2S. The van der Waals surface area contributed by atoms with Crippen LogP contribution in [0.15, 0.2) is 35.7 Å². The second-order valence-electron chi connectivity index (χ2n) is 7.21. The summed E-state index contributed by atoms with van der Waals surface area (Å²) in [6, 6.07) is 10.7. The van der Waals surface area contributed by atoms with Gasteiger partial charge in [0.15, 0.2) is 0 Å². The molecule has 0 saturated carbocycles. The lowest BCUT2D eigenvalue weighted by molar-refractivity contribution is -0.134. The van der Waals surface area contributed by atoms with Gasteiger partial charge in [-0.3, -0.25) is 9.59 Å². The molecule has 136 valence electrons. The van der Waals surface area contributed by atoms with E-state index in [0.29, 0.717) is 13.0 Å². The molecule has 4 rings (SSSR count). The lowest BCUT2D eigenvalue weighted by Crippen LogP contribution is -2.40. The third-order valence-electron chi connectivity index (χ3n) is 5.44. The summed E-state index contributed by atoms with van der Waals surface area (Å²) >= 11 is 1.77. The number of amides is 2. The normalized spacial score (nSPS) is 18.8. The molecule has 0 spiro atoms. The fraction of sp³-hybridized carbons (Fsp3) is 0.429. The first-order valence-corrected chi connectivity index (χ1v) is 10.3. The molecule has 0 fully saturated rings. The topological polar surface area (TPSA) is 49.4 Å². The molecule has 1 aromatic heterocycles. The van der Waals surface area contributed by atoms with Crippen LogP contribution in [0.1, 0.15) is 40.8 Å². The van der Waals surface area contributed by atoms with E-state index in [0.717, 1.165) is 32.2 Å². The quantitative estimate of drug-likeness (QED) is 0.902. The highest BCUT2D eigenvalue weighted by molar-refractivity contribution is 7.10. The van der Waals surface area contributed by atoms with Gasteiger partial charge in [-0.2, -0.15) is 0 Å². The number of benzene rings is 1. The van der Waals surface area contributed by atoms with Gasteiger partial charge in [0.2, 0.25) is 11.8 Å². The van der Waals surface area contributed by atoms with Gasteiger partial charge in [-0.05, 0) is 53.8 Å². The smallest absolute Gasteiger partial charge is 0.223 e. The van der Waals surface area contributed by atoms with E-state index in [1.54, 1.807) is 11.3 Å². The van der Waals surface area contributed by atoms with Crippen LogP contribution in [0.5, 0.6) is 0 Å². The Morgan fingerprint density at radius 1 is 1.08 bits per heavy atom. The molecule has 2 amide bonds. The minimum atomic E-state index is -0.00374. The van der Waals surface area contributed by atoms with Gasteiger partial charge in [-0.15, -0.1) is 11.3 Å². The van der Waals surface area contributed by atoms with E-state index in [4.69, 9.17) is 0 Å². The predicted molar refractivity (Wildman–Crippen MR) is 103 cm³/mol. The highest BCUT2D eigenvalue weighted by Crippen LogP contribution is 2.24. The zero-order valence-corrected chi connectivity index (χ0v) is 15.7. The summed E-state index contributed by atoms with van der Waals surface area (Å²) in [5.74, 6) is 0.0851. The number of hydrogen-bond donors (Lipinski definition) is 1. The van der Waals surface area contributed by atoms with Gasteiger partial charge in [0.25, 0.3) is 0 Å². The number of fused-ring (bicyclic) bond motifs is 2. The molecule has 4 nitrogen and oxygen atoms in total. The van der Waals surface area contributed by atoms with Crippen LogP contribution >= 0.6 is 11.3 Å². The number of nitrogens with one attached hydrogen (secondary N) is 1. The second kappa shape index (κ2) is 7.62. The molecule has 2 aromatic rings. The first-order valence-electron chi connectivity index (χ1n) is 9.38. The molecule has 0 bridgehead atoms. The standard InChI is InChI=1S/C21H24N2O2S/c24-20(22-18-6-5-15-3-1-2-4-16(15)13-18)7-8-21(25)23-11-9-19-17(14-23)10-12-26-19/h1-4,10,12,18H,5-9,11,13-14H2,(H,22,24)/t18-/m1/s1. The largest absolute Gasteiger partial charge is 0.353 e. The first-order chi connectivity index (χ1) is 12.7. The fourth-order valence-electron chi connectivity index (χ4n) is 3.96. The molecule has 1 N–H and O–H groups in total. The van der Waals surface area contributed by atoms with Crippen molar-refractivity contribution >= 4 is 23.2 Å². The van der Waals surface area contributed by atoms with Crippen molar-refractivity contribution in [1.82, 2.24) is 10.2 Å². The predicted octanol–water partition coefficient (Wildman–Crippen LogP) is 3.09. The van der Waals surface area contributed by atoms with Gasteiger partial charge in [0.1, 0.15) is 0 Å². The molecule has 0 unspecified atom stereocenters. The summed E-state index contributed by atoms with van der Waals surface area (Å²) in [7, 11) is 0. The van der Waals surface area contributed by atoms with Gasteiger partial charge in [0, 0.05) is 36.9 Å². The highest BCUT2D eigenvalue weighted by atomic mass is 32.1. The van der Waals surface area contributed by atoms with Crippen molar-refractivity contribution in [2.45, 2.75) is 51.1 Å².